The van der Waals surface area contributed by atoms with E-state index in [1.165, 1.54) is 11.1 Å². The SMILES string of the molecule is CCN(CC(C)C)c1ncc(CBr)cc1C. The lowest BCUT2D eigenvalue weighted by molar-refractivity contribution is 0.613. The van der Waals surface area contributed by atoms with E-state index in [1.807, 2.05) is 6.20 Å². The van der Waals surface area contributed by atoms with Crippen LogP contribution in [0, 0.1) is 12.8 Å². The molecular weight excluding hydrogens is 264 g/mol. The molecule has 2 nitrogen and oxygen atoms in total. The largest absolute Gasteiger partial charge is 0.356 e. The second kappa shape index (κ2) is 6.24. The lowest BCUT2D eigenvalue weighted by Crippen LogP contribution is -2.28. The van der Waals surface area contributed by atoms with E-state index < -0.39 is 0 Å². The predicted octanol–water partition coefficient (Wildman–Crippen LogP) is 3.77. The molecule has 3 heteroatoms. The Balaban J connectivity index is 2.92. The van der Waals surface area contributed by atoms with Crippen molar-refractivity contribution in [3.63, 3.8) is 0 Å². The number of alkyl halides is 1. The molecule has 0 bridgehead atoms. The van der Waals surface area contributed by atoms with E-state index in [2.05, 4.69) is 59.6 Å². The molecule has 16 heavy (non-hydrogen) atoms. The maximum Gasteiger partial charge on any atom is 0.131 e. The van der Waals surface area contributed by atoms with Crippen molar-refractivity contribution >= 4 is 21.7 Å². The number of nitrogens with zero attached hydrogens (tertiary/aromatic N) is 2. The zero-order chi connectivity index (χ0) is 12.1. The number of hydrogen-bond donors (Lipinski definition) is 0. The van der Waals surface area contributed by atoms with Crippen LogP contribution in [0.3, 0.4) is 0 Å². The molecule has 0 aliphatic rings. The highest BCUT2D eigenvalue weighted by molar-refractivity contribution is 9.08. The standard InChI is InChI=1S/C13H21BrN2/c1-5-16(9-10(2)3)13-11(4)6-12(7-14)8-15-13/h6,8,10H,5,7,9H2,1-4H3. The summed E-state index contributed by atoms with van der Waals surface area (Å²) in [5, 5.41) is 0.872. The van der Waals surface area contributed by atoms with Gasteiger partial charge in [-0.3, -0.25) is 0 Å². The Morgan fingerprint density at radius 3 is 2.56 bits per heavy atom. The minimum absolute atomic E-state index is 0.664. The highest BCUT2D eigenvalue weighted by atomic mass is 79.9. The van der Waals surface area contributed by atoms with Gasteiger partial charge in [0.25, 0.3) is 0 Å². The smallest absolute Gasteiger partial charge is 0.131 e. The van der Waals surface area contributed by atoms with Crippen molar-refractivity contribution in [3.8, 4) is 0 Å². The summed E-state index contributed by atoms with van der Waals surface area (Å²) in [6.45, 7) is 10.9. The zero-order valence-corrected chi connectivity index (χ0v) is 12.2. The first-order valence-corrected chi connectivity index (χ1v) is 6.97. The summed E-state index contributed by atoms with van der Waals surface area (Å²) in [6, 6.07) is 2.21. The lowest BCUT2D eigenvalue weighted by Gasteiger charge is -2.25. The van der Waals surface area contributed by atoms with Gasteiger partial charge in [-0.1, -0.05) is 35.8 Å². The van der Waals surface area contributed by atoms with E-state index >= 15 is 0 Å². The molecule has 0 radical (unpaired) electrons. The van der Waals surface area contributed by atoms with E-state index in [0.717, 1.165) is 24.2 Å². The van der Waals surface area contributed by atoms with Crippen molar-refractivity contribution in [2.75, 3.05) is 18.0 Å². The first-order chi connectivity index (χ1) is 7.58. The van der Waals surface area contributed by atoms with Crippen LogP contribution in [0.2, 0.25) is 0 Å². The maximum absolute atomic E-state index is 4.57. The third-order valence-corrected chi connectivity index (χ3v) is 3.18. The molecule has 0 atom stereocenters. The Labute approximate surface area is 107 Å². The summed E-state index contributed by atoms with van der Waals surface area (Å²) in [5.41, 5.74) is 2.50. The number of rotatable bonds is 5. The molecule has 0 N–H and O–H groups in total. The normalized spacial score (nSPS) is 10.9. The highest BCUT2D eigenvalue weighted by Gasteiger charge is 2.10. The molecule has 1 aromatic rings. The quantitative estimate of drug-likeness (QED) is 0.766. The van der Waals surface area contributed by atoms with Gasteiger partial charge in [0.05, 0.1) is 0 Å². The fourth-order valence-corrected chi connectivity index (χ4v) is 2.14. The molecule has 0 spiro atoms. The monoisotopic (exact) mass is 284 g/mol. The second-order valence-electron chi connectivity index (χ2n) is 4.55. The molecule has 0 aliphatic heterocycles. The van der Waals surface area contributed by atoms with Gasteiger partial charge in [0.2, 0.25) is 0 Å². The van der Waals surface area contributed by atoms with E-state index in [0.29, 0.717) is 5.92 Å². The summed E-state index contributed by atoms with van der Waals surface area (Å²) in [6.07, 6.45) is 1.96. The van der Waals surface area contributed by atoms with Crippen LogP contribution in [0.25, 0.3) is 0 Å². The van der Waals surface area contributed by atoms with E-state index in [1.54, 1.807) is 0 Å². The Kier molecular flexibility index (Phi) is 5.26. The van der Waals surface area contributed by atoms with Gasteiger partial charge in [-0.05, 0) is 30.9 Å². The average Bonchev–Trinajstić information content (AvgIpc) is 2.25. The van der Waals surface area contributed by atoms with Crippen LogP contribution >= 0.6 is 15.9 Å². The zero-order valence-electron chi connectivity index (χ0n) is 10.6. The number of halogens is 1. The van der Waals surface area contributed by atoms with Crippen LogP contribution in [0.5, 0.6) is 0 Å². The molecule has 0 amide bonds. The number of aryl methyl sites for hydroxylation is 1. The molecule has 0 unspecified atom stereocenters. The Morgan fingerprint density at radius 2 is 2.12 bits per heavy atom. The molecule has 0 fully saturated rings. The van der Waals surface area contributed by atoms with Gasteiger partial charge >= 0.3 is 0 Å². The van der Waals surface area contributed by atoms with Crippen molar-refractivity contribution in [2.45, 2.75) is 33.0 Å². The van der Waals surface area contributed by atoms with Crippen molar-refractivity contribution in [1.29, 1.82) is 0 Å². The van der Waals surface area contributed by atoms with Crippen LogP contribution in [-0.2, 0) is 5.33 Å². The molecule has 0 aromatic carbocycles. The Bertz CT molecular complexity index is 337. The van der Waals surface area contributed by atoms with Crippen LogP contribution < -0.4 is 4.90 Å². The Hall–Kier alpha value is -0.570. The number of anilines is 1. The van der Waals surface area contributed by atoms with Gasteiger partial charge in [-0.2, -0.15) is 0 Å². The van der Waals surface area contributed by atoms with Gasteiger partial charge in [0.1, 0.15) is 5.82 Å². The molecular formula is C13H21BrN2. The fraction of sp³-hybridized carbons (Fsp3) is 0.615. The molecule has 0 aliphatic carbocycles. The molecule has 90 valence electrons. The van der Waals surface area contributed by atoms with E-state index in [9.17, 15) is 0 Å². The molecule has 1 aromatic heterocycles. The van der Waals surface area contributed by atoms with Gasteiger partial charge in [-0.15, -0.1) is 0 Å². The minimum atomic E-state index is 0.664. The summed E-state index contributed by atoms with van der Waals surface area (Å²) in [4.78, 5) is 6.91. The lowest BCUT2D eigenvalue weighted by atomic mass is 10.1. The second-order valence-corrected chi connectivity index (χ2v) is 5.11. The summed E-state index contributed by atoms with van der Waals surface area (Å²) < 4.78 is 0. The van der Waals surface area contributed by atoms with E-state index in [4.69, 9.17) is 0 Å². The van der Waals surface area contributed by atoms with Gasteiger partial charge in [0.15, 0.2) is 0 Å². The summed E-state index contributed by atoms with van der Waals surface area (Å²) >= 11 is 3.46. The van der Waals surface area contributed by atoms with Crippen LogP contribution in [0.15, 0.2) is 12.3 Å². The topological polar surface area (TPSA) is 16.1 Å². The first kappa shape index (κ1) is 13.5. The fourth-order valence-electron chi connectivity index (χ4n) is 1.84. The van der Waals surface area contributed by atoms with Crippen molar-refractivity contribution in [1.82, 2.24) is 4.98 Å². The summed E-state index contributed by atoms with van der Waals surface area (Å²) in [5.74, 6) is 1.79. The summed E-state index contributed by atoms with van der Waals surface area (Å²) in [7, 11) is 0. The van der Waals surface area contributed by atoms with Crippen LogP contribution in [0.1, 0.15) is 31.9 Å². The van der Waals surface area contributed by atoms with Gasteiger partial charge in [0, 0.05) is 24.6 Å². The minimum Gasteiger partial charge on any atom is -0.356 e. The van der Waals surface area contributed by atoms with Crippen molar-refractivity contribution in [2.24, 2.45) is 5.92 Å². The van der Waals surface area contributed by atoms with Gasteiger partial charge in [-0.25, -0.2) is 4.98 Å². The van der Waals surface area contributed by atoms with E-state index in [-0.39, 0.29) is 0 Å². The number of pyridine rings is 1. The maximum atomic E-state index is 4.57. The third kappa shape index (κ3) is 3.48. The average molecular weight is 285 g/mol. The first-order valence-electron chi connectivity index (χ1n) is 5.84. The molecule has 1 heterocycles. The van der Waals surface area contributed by atoms with Crippen molar-refractivity contribution in [3.05, 3.63) is 23.4 Å². The molecule has 1 rings (SSSR count). The number of aromatic nitrogens is 1. The van der Waals surface area contributed by atoms with Crippen molar-refractivity contribution < 1.29 is 0 Å². The molecule has 0 saturated heterocycles. The molecule has 0 saturated carbocycles. The van der Waals surface area contributed by atoms with Gasteiger partial charge < -0.3 is 4.90 Å². The highest BCUT2D eigenvalue weighted by Crippen LogP contribution is 2.19. The Morgan fingerprint density at radius 1 is 1.44 bits per heavy atom. The third-order valence-electron chi connectivity index (χ3n) is 2.53. The van der Waals surface area contributed by atoms with Crippen LogP contribution in [-0.4, -0.2) is 18.1 Å². The predicted molar refractivity (Wildman–Crippen MR) is 74.3 cm³/mol. The van der Waals surface area contributed by atoms with Crippen LogP contribution in [0.4, 0.5) is 5.82 Å². The number of hydrogen-bond acceptors (Lipinski definition) is 2.